The molecule has 1 aliphatic heterocycles. The molecule has 0 aromatic rings. The number of piperazine rings is 1. The van der Waals surface area contributed by atoms with E-state index in [4.69, 9.17) is 5.41 Å². The van der Waals surface area contributed by atoms with E-state index in [0.29, 0.717) is 5.92 Å². The first-order valence-electron chi connectivity index (χ1n) is 6.70. The minimum atomic E-state index is 0.539. The van der Waals surface area contributed by atoms with Gasteiger partial charge in [-0.1, -0.05) is 26.2 Å². The summed E-state index contributed by atoms with van der Waals surface area (Å²) in [5.41, 5.74) is 0. The van der Waals surface area contributed by atoms with Gasteiger partial charge in [0.15, 0.2) is 0 Å². The Morgan fingerprint density at radius 1 is 1.06 bits per heavy atom. The maximum atomic E-state index is 8.38. The molecule has 2 fully saturated rings. The zero-order valence-corrected chi connectivity index (χ0v) is 10.7. The van der Waals surface area contributed by atoms with Crippen LogP contribution in [0.1, 0.15) is 32.6 Å². The second kappa shape index (κ2) is 5.17. The Hall–Kier alpha value is -0.570. The highest BCUT2D eigenvalue weighted by Gasteiger charge is 2.29. The summed E-state index contributed by atoms with van der Waals surface area (Å²) in [5.74, 6) is 2.19. The van der Waals surface area contributed by atoms with Gasteiger partial charge in [0.05, 0.1) is 5.84 Å². The summed E-state index contributed by atoms with van der Waals surface area (Å²) in [7, 11) is 2.17. The summed E-state index contributed by atoms with van der Waals surface area (Å²) in [6.45, 7) is 6.67. The van der Waals surface area contributed by atoms with Crippen LogP contribution in [-0.4, -0.2) is 48.9 Å². The third-order valence-corrected chi connectivity index (χ3v) is 4.31. The highest BCUT2D eigenvalue weighted by atomic mass is 15.3. The molecule has 1 aliphatic carbocycles. The number of rotatable bonds is 1. The van der Waals surface area contributed by atoms with Crippen LogP contribution in [0.2, 0.25) is 0 Å². The fourth-order valence-corrected chi connectivity index (χ4v) is 3.00. The first kappa shape index (κ1) is 11.9. The average Bonchev–Trinajstić information content (AvgIpc) is 2.30. The van der Waals surface area contributed by atoms with Gasteiger partial charge >= 0.3 is 0 Å². The van der Waals surface area contributed by atoms with Crippen molar-refractivity contribution in [3.05, 3.63) is 0 Å². The van der Waals surface area contributed by atoms with Crippen molar-refractivity contribution in [2.75, 3.05) is 33.2 Å². The van der Waals surface area contributed by atoms with Crippen LogP contribution < -0.4 is 0 Å². The number of hydrogen-bond acceptors (Lipinski definition) is 2. The SMILES string of the molecule is CC1CCCCC1C(=N)N1CCN(C)CC1. The largest absolute Gasteiger partial charge is 0.358 e. The van der Waals surface area contributed by atoms with Gasteiger partial charge in [-0.05, 0) is 19.4 Å². The summed E-state index contributed by atoms with van der Waals surface area (Å²) in [6.07, 6.45) is 5.26. The molecule has 0 aromatic heterocycles. The van der Waals surface area contributed by atoms with E-state index in [2.05, 4.69) is 23.8 Å². The molecule has 2 atom stereocenters. The zero-order chi connectivity index (χ0) is 11.5. The van der Waals surface area contributed by atoms with Gasteiger partial charge in [-0.2, -0.15) is 0 Å². The van der Waals surface area contributed by atoms with Gasteiger partial charge in [-0.3, -0.25) is 5.41 Å². The van der Waals surface area contributed by atoms with Gasteiger partial charge in [0.25, 0.3) is 0 Å². The van der Waals surface area contributed by atoms with Gasteiger partial charge in [0.1, 0.15) is 0 Å². The molecule has 2 rings (SSSR count). The summed E-state index contributed by atoms with van der Waals surface area (Å²) in [6, 6.07) is 0. The van der Waals surface area contributed by atoms with Crippen LogP contribution in [0, 0.1) is 17.2 Å². The van der Waals surface area contributed by atoms with E-state index < -0.39 is 0 Å². The minimum absolute atomic E-state index is 0.539. The molecule has 1 N–H and O–H groups in total. The molecule has 0 spiro atoms. The van der Waals surface area contributed by atoms with Crippen molar-refractivity contribution >= 4 is 5.84 Å². The minimum Gasteiger partial charge on any atom is -0.358 e. The van der Waals surface area contributed by atoms with E-state index in [9.17, 15) is 0 Å². The standard InChI is InChI=1S/C13H25N3/c1-11-5-3-4-6-12(11)13(14)16-9-7-15(2)8-10-16/h11-12,14H,3-10H2,1-2H3. The Morgan fingerprint density at radius 2 is 1.69 bits per heavy atom. The van der Waals surface area contributed by atoms with Crippen LogP contribution in [0.25, 0.3) is 0 Å². The van der Waals surface area contributed by atoms with E-state index in [1.165, 1.54) is 25.7 Å². The van der Waals surface area contributed by atoms with E-state index in [1.807, 2.05) is 0 Å². The Bertz CT molecular complexity index is 244. The molecule has 2 unspecified atom stereocenters. The topological polar surface area (TPSA) is 30.3 Å². The van der Waals surface area contributed by atoms with Crippen molar-refractivity contribution in [2.24, 2.45) is 11.8 Å². The van der Waals surface area contributed by atoms with Crippen LogP contribution >= 0.6 is 0 Å². The van der Waals surface area contributed by atoms with Crippen molar-refractivity contribution in [1.82, 2.24) is 9.80 Å². The Kier molecular flexibility index (Phi) is 3.85. The lowest BCUT2D eigenvalue weighted by Gasteiger charge is -2.39. The molecule has 16 heavy (non-hydrogen) atoms. The van der Waals surface area contributed by atoms with Crippen LogP contribution in [-0.2, 0) is 0 Å². The molecule has 0 bridgehead atoms. The maximum Gasteiger partial charge on any atom is 0.0993 e. The highest BCUT2D eigenvalue weighted by Crippen LogP contribution is 2.31. The Morgan fingerprint density at radius 3 is 2.31 bits per heavy atom. The number of nitrogens with zero attached hydrogens (tertiary/aromatic N) is 2. The summed E-state index contributed by atoms with van der Waals surface area (Å²) in [4.78, 5) is 4.67. The summed E-state index contributed by atoms with van der Waals surface area (Å²) < 4.78 is 0. The van der Waals surface area contributed by atoms with Crippen molar-refractivity contribution in [3.8, 4) is 0 Å². The fraction of sp³-hybridized carbons (Fsp3) is 0.923. The monoisotopic (exact) mass is 223 g/mol. The Balaban J connectivity index is 1.90. The first-order valence-corrected chi connectivity index (χ1v) is 6.70. The van der Waals surface area contributed by atoms with Crippen LogP contribution in [0.5, 0.6) is 0 Å². The van der Waals surface area contributed by atoms with Crippen molar-refractivity contribution in [2.45, 2.75) is 32.6 Å². The molecule has 1 heterocycles. The predicted molar refractivity (Wildman–Crippen MR) is 67.9 cm³/mol. The van der Waals surface area contributed by atoms with Gasteiger partial charge in [0, 0.05) is 32.1 Å². The molecule has 0 aromatic carbocycles. The van der Waals surface area contributed by atoms with Crippen molar-refractivity contribution in [3.63, 3.8) is 0 Å². The van der Waals surface area contributed by atoms with Crippen molar-refractivity contribution < 1.29 is 0 Å². The van der Waals surface area contributed by atoms with E-state index in [0.717, 1.165) is 37.9 Å². The third-order valence-electron chi connectivity index (χ3n) is 4.31. The predicted octanol–water partition coefficient (Wildman–Crippen LogP) is 2.04. The van der Waals surface area contributed by atoms with Crippen molar-refractivity contribution in [1.29, 1.82) is 5.41 Å². The zero-order valence-electron chi connectivity index (χ0n) is 10.7. The summed E-state index contributed by atoms with van der Waals surface area (Å²) >= 11 is 0. The number of likely N-dealkylation sites (N-methyl/N-ethyl adjacent to an activating group) is 1. The molecule has 0 amide bonds. The highest BCUT2D eigenvalue weighted by molar-refractivity contribution is 5.82. The first-order chi connectivity index (χ1) is 7.68. The van der Waals surface area contributed by atoms with E-state index in [1.54, 1.807) is 0 Å². The molecule has 0 radical (unpaired) electrons. The second-order valence-electron chi connectivity index (χ2n) is 5.54. The van der Waals surface area contributed by atoms with Gasteiger partial charge in [-0.25, -0.2) is 0 Å². The molecule has 1 saturated heterocycles. The fourth-order valence-electron chi connectivity index (χ4n) is 3.00. The molecule has 2 aliphatic rings. The molecule has 92 valence electrons. The maximum absolute atomic E-state index is 8.38. The smallest absolute Gasteiger partial charge is 0.0993 e. The lowest BCUT2D eigenvalue weighted by molar-refractivity contribution is 0.197. The molecule has 3 heteroatoms. The lowest BCUT2D eigenvalue weighted by atomic mass is 9.79. The molecule has 3 nitrogen and oxygen atoms in total. The Labute approximate surface area is 99.3 Å². The summed E-state index contributed by atoms with van der Waals surface area (Å²) in [5, 5.41) is 8.38. The number of nitrogens with one attached hydrogen (secondary N) is 1. The average molecular weight is 223 g/mol. The molecular formula is C13H25N3. The van der Waals surface area contributed by atoms with Crippen LogP contribution in [0.15, 0.2) is 0 Å². The van der Waals surface area contributed by atoms with E-state index in [-0.39, 0.29) is 0 Å². The van der Waals surface area contributed by atoms with Gasteiger partial charge in [0.2, 0.25) is 0 Å². The van der Waals surface area contributed by atoms with Crippen LogP contribution in [0.4, 0.5) is 0 Å². The quantitative estimate of drug-likeness (QED) is 0.544. The number of hydrogen-bond donors (Lipinski definition) is 1. The second-order valence-corrected chi connectivity index (χ2v) is 5.54. The van der Waals surface area contributed by atoms with E-state index >= 15 is 0 Å². The van der Waals surface area contributed by atoms with Gasteiger partial charge < -0.3 is 9.80 Å². The normalized spacial score (nSPS) is 32.8. The number of amidine groups is 1. The van der Waals surface area contributed by atoms with Gasteiger partial charge in [-0.15, -0.1) is 0 Å². The third kappa shape index (κ3) is 2.57. The molecule has 1 saturated carbocycles. The molecular weight excluding hydrogens is 198 g/mol. The lowest BCUT2D eigenvalue weighted by Crippen LogP contribution is -2.49. The van der Waals surface area contributed by atoms with Crippen LogP contribution in [0.3, 0.4) is 0 Å².